The molecule has 0 fully saturated rings. The molecule has 0 saturated carbocycles. The van der Waals surface area contributed by atoms with Gasteiger partial charge >= 0.3 is 0 Å². The number of benzene rings is 11. The monoisotopic (exact) mass is 682 g/mol. The van der Waals surface area contributed by atoms with E-state index in [0.717, 1.165) is 0 Å². The van der Waals surface area contributed by atoms with E-state index in [4.69, 9.17) is 0 Å². The Bertz CT molecular complexity index is 3120. The summed E-state index contributed by atoms with van der Waals surface area (Å²) in [7, 11) is 0. The highest BCUT2D eigenvalue weighted by molar-refractivity contribution is 6.26. The second kappa shape index (κ2) is 12.3. The van der Waals surface area contributed by atoms with Gasteiger partial charge < -0.3 is 0 Å². The summed E-state index contributed by atoms with van der Waals surface area (Å²) in [5.74, 6) is 0. The Kier molecular flexibility index (Phi) is 6.97. The van der Waals surface area contributed by atoms with Gasteiger partial charge in [0.2, 0.25) is 0 Å². The van der Waals surface area contributed by atoms with E-state index in [-0.39, 0.29) is 0 Å². The van der Waals surface area contributed by atoms with Gasteiger partial charge in [-0.2, -0.15) is 0 Å². The highest BCUT2D eigenvalue weighted by Gasteiger charge is 2.20. The Hall–Kier alpha value is -7.02. The quantitative estimate of drug-likeness (QED) is 0.125. The van der Waals surface area contributed by atoms with Crippen LogP contribution in [0, 0.1) is 0 Å². The zero-order valence-corrected chi connectivity index (χ0v) is 29.6. The molecule has 54 heavy (non-hydrogen) atoms. The molecule has 0 heterocycles. The van der Waals surface area contributed by atoms with Gasteiger partial charge in [0.05, 0.1) is 0 Å². The van der Waals surface area contributed by atoms with Crippen molar-refractivity contribution < 1.29 is 0 Å². The van der Waals surface area contributed by atoms with Gasteiger partial charge in [-0.1, -0.05) is 194 Å². The fourth-order valence-electron chi connectivity index (χ4n) is 8.99. The van der Waals surface area contributed by atoms with E-state index < -0.39 is 0 Å². The summed E-state index contributed by atoms with van der Waals surface area (Å²) < 4.78 is 0. The zero-order valence-electron chi connectivity index (χ0n) is 29.6. The Balaban J connectivity index is 1.17. The van der Waals surface area contributed by atoms with Crippen molar-refractivity contribution in [3.8, 4) is 55.6 Å². The maximum absolute atomic E-state index is 2.41. The van der Waals surface area contributed by atoms with Gasteiger partial charge in [0.25, 0.3) is 0 Å². The molecular weight excluding hydrogens is 649 g/mol. The lowest BCUT2D eigenvalue weighted by Gasteiger charge is -2.21. The highest BCUT2D eigenvalue weighted by atomic mass is 14.2. The van der Waals surface area contributed by atoms with E-state index in [0.29, 0.717) is 0 Å². The van der Waals surface area contributed by atoms with Crippen LogP contribution in [0.1, 0.15) is 0 Å². The molecule has 0 saturated heterocycles. The van der Waals surface area contributed by atoms with Gasteiger partial charge in [-0.3, -0.25) is 0 Å². The van der Waals surface area contributed by atoms with Gasteiger partial charge in [0, 0.05) is 0 Å². The second-order valence-electron chi connectivity index (χ2n) is 14.4. The average Bonchev–Trinajstić information content (AvgIpc) is 3.25. The second-order valence-corrected chi connectivity index (χ2v) is 14.4. The zero-order chi connectivity index (χ0) is 35.6. The van der Waals surface area contributed by atoms with Crippen molar-refractivity contribution in [3.63, 3.8) is 0 Å². The van der Waals surface area contributed by atoms with Gasteiger partial charge in [-0.15, -0.1) is 0 Å². The smallest absolute Gasteiger partial charge is 0.00199 e. The Morgan fingerprint density at radius 3 is 1.39 bits per heavy atom. The van der Waals surface area contributed by atoms with Crippen LogP contribution < -0.4 is 0 Å². The van der Waals surface area contributed by atoms with E-state index in [2.05, 4.69) is 206 Å². The molecule has 0 N–H and O–H groups in total. The maximum Gasteiger partial charge on any atom is -0.00199 e. The first-order valence-electron chi connectivity index (χ1n) is 18.8. The van der Waals surface area contributed by atoms with Crippen LogP contribution in [0.3, 0.4) is 0 Å². The molecule has 11 aromatic rings. The van der Waals surface area contributed by atoms with Crippen molar-refractivity contribution in [2.24, 2.45) is 0 Å². The van der Waals surface area contributed by atoms with Crippen LogP contribution in [-0.4, -0.2) is 0 Å². The topological polar surface area (TPSA) is 0 Å². The van der Waals surface area contributed by atoms with Crippen molar-refractivity contribution in [1.82, 2.24) is 0 Å². The number of rotatable bonds is 5. The number of fused-ring (bicyclic) bond motifs is 2. The van der Waals surface area contributed by atoms with Gasteiger partial charge in [-0.25, -0.2) is 0 Å². The van der Waals surface area contributed by atoms with E-state index in [1.54, 1.807) is 0 Å². The van der Waals surface area contributed by atoms with Gasteiger partial charge in [0.1, 0.15) is 0 Å². The molecule has 0 nitrogen and oxygen atoms in total. The van der Waals surface area contributed by atoms with Crippen LogP contribution in [-0.2, 0) is 0 Å². The standard InChI is InChI=1S/C54H34/c1-3-13-35(14-4-1)40-29-31-43(36-15-5-2-6-16-36)50(34-40)54-47-23-9-7-21-45(47)52(46-22-8-10-24-48(46)54)42-20-12-19-41(33-42)44-30-27-39-26-25-37-17-11-18-38-28-32-49(44)53(39)51(37)38/h1-34H. The molecule has 0 radical (unpaired) electrons. The van der Waals surface area contributed by atoms with Crippen LogP contribution in [0.15, 0.2) is 206 Å². The Labute approximate surface area is 314 Å². The minimum atomic E-state index is 1.21. The molecule has 0 heteroatoms. The molecule has 0 aliphatic carbocycles. The molecule has 0 aliphatic rings. The fraction of sp³-hybridized carbons (Fsp3) is 0. The number of hydrogen-bond acceptors (Lipinski definition) is 0. The van der Waals surface area contributed by atoms with Crippen molar-refractivity contribution in [2.45, 2.75) is 0 Å². The molecule has 0 aliphatic heterocycles. The summed E-state index contributed by atoms with van der Waals surface area (Å²) in [5, 5.41) is 12.9. The number of hydrogen-bond donors (Lipinski definition) is 0. The average molecular weight is 683 g/mol. The Morgan fingerprint density at radius 2 is 0.704 bits per heavy atom. The molecule has 0 bridgehead atoms. The Morgan fingerprint density at radius 1 is 0.204 bits per heavy atom. The lowest BCUT2D eigenvalue weighted by atomic mass is 9.82. The van der Waals surface area contributed by atoms with E-state index >= 15 is 0 Å². The fourth-order valence-corrected chi connectivity index (χ4v) is 8.99. The molecule has 0 atom stereocenters. The molecule has 0 spiro atoms. The van der Waals surface area contributed by atoms with E-state index in [1.807, 2.05) is 0 Å². The summed E-state index contributed by atoms with van der Waals surface area (Å²) in [5.41, 5.74) is 12.4. The first-order valence-corrected chi connectivity index (χ1v) is 18.8. The third-order valence-electron chi connectivity index (χ3n) is 11.4. The first kappa shape index (κ1) is 30.6. The third-order valence-corrected chi connectivity index (χ3v) is 11.4. The van der Waals surface area contributed by atoms with Crippen LogP contribution in [0.4, 0.5) is 0 Å². The molecule has 0 unspecified atom stereocenters. The van der Waals surface area contributed by atoms with E-state index in [9.17, 15) is 0 Å². The van der Waals surface area contributed by atoms with E-state index in [1.165, 1.54) is 109 Å². The summed E-state index contributed by atoms with van der Waals surface area (Å²) in [4.78, 5) is 0. The molecule has 250 valence electrons. The summed E-state index contributed by atoms with van der Waals surface area (Å²) in [6.45, 7) is 0. The van der Waals surface area contributed by atoms with Crippen LogP contribution >= 0.6 is 0 Å². The lowest BCUT2D eigenvalue weighted by Crippen LogP contribution is -1.94. The third kappa shape index (κ3) is 4.78. The predicted molar refractivity (Wildman–Crippen MR) is 232 cm³/mol. The van der Waals surface area contributed by atoms with Crippen LogP contribution in [0.2, 0.25) is 0 Å². The predicted octanol–water partition coefficient (Wildman–Crippen LogP) is 15.2. The summed E-state index contributed by atoms with van der Waals surface area (Å²) in [6, 6.07) is 76.1. The molecule has 0 amide bonds. The van der Waals surface area contributed by atoms with Gasteiger partial charge in [0.15, 0.2) is 0 Å². The molecule has 0 aromatic heterocycles. The summed E-state index contributed by atoms with van der Waals surface area (Å²) in [6.07, 6.45) is 0. The normalized spacial score (nSPS) is 11.7. The van der Waals surface area contributed by atoms with Crippen molar-refractivity contribution >= 4 is 53.9 Å². The van der Waals surface area contributed by atoms with Gasteiger partial charge in [-0.05, 0) is 122 Å². The van der Waals surface area contributed by atoms with Crippen LogP contribution in [0.25, 0.3) is 109 Å². The van der Waals surface area contributed by atoms with Crippen molar-refractivity contribution in [3.05, 3.63) is 206 Å². The molecular formula is C54H34. The SMILES string of the molecule is c1ccc(-c2ccc(-c3ccccc3)c(-c3c4ccccc4c(-c4cccc(-c5ccc6ccc7cccc8ccc5c6c78)c4)c4ccccc34)c2)cc1. The molecule has 11 aromatic carbocycles. The van der Waals surface area contributed by atoms with Crippen molar-refractivity contribution in [2.75, 3.05) is 0 Å². The minimum absolute atomic E-state index is 1.21. The first-order chi connectivity index (χ1) is 26.8. The minimum Gasteiger partial charge on any atom is -0.0622 e. The van der Waals surface area contributed by atoms with Crippen molar-refractivity contribution in [1.29, 1.82) is 0 Å². The highest BCUT2D eigenvalue weighted by Crippen LogP contribution is 2.48. The maximum atomic E-state index is 2.41. The summed E-state index contributed by atoms with van der Waals surface area (Å²) >= 11 is 0. The van der Waals surface area contributed by atoms with Crippen LogP contribution in [0.5, 0.6) is 0 Å². The lowest BCUT2D eigenvalue weighted by molar-refractivity contribution is 1.58. The molecule has 11 rings (SSSR count). The largest absolute Gasteiger partial charge is 0.0622 e.